The molecule has 4 nitrogen and oxygen atoms in total. The van der Waals surface area contributed by atoms with Crippen LogP contribution in [-0.2, 0) is 22.9 Å². The number of sulfonamides is 1. The molecule has 4 atom stereocenters. The molecule has 3 aliphatic carbocycles. The first-order valence-electron chi connectivity index (χ1n) is 11.9. The molecule has 2 saturated carbocycles. The fraction of sp³-hybridized carbons (Fsp3) is 0.429. The van der Waals surface area contributed by atoms with E-state index < -0.39 is 26.6 Å². The Labute approximate surface area is 196 Å². The van der Waals surface area contributed by atoms with Gasteiger partial charge in [0.2, 0.25) is 10.0 Å². The minimum absolute atomic E-state index is 0.0152. The van der Waals surface area contributed by atoms with Crippen molar-refractivity contribution in [2.45, 2.75) is 50.7 Å². The van der Waals surface area contributed by atoms with E-state index >= 15 is 0 Å². The van der Waals surface area contributed by atoms with E-state index in [1.807, 2.05) is 42.5 Å². The van der Waals surface area contributed by atoms with Gasteiger partial charge in [0.1, 0.15) is 5.60 Å². The number of benzene rings is 2. The molecule has 0 amide bonds. The molecule has 2 bridgehead atoms. The second-order valence-corrected chi connectivity index (χ2v) is 12.7. The Hall–Kier alpha value is -2.21. The average molecular weight is 462 g/mol. The van der Waals surface area contributed by atoms with Gasteiger partial charge in [-0.1, -0.05) is 80.6 Å². The van der Waals surface area contributed by atoms with Gasteiger partial charge in [-0.2, -0.15) is 0 Å². The maximum Gasteiger partial charge on any atom is 0.213 e. The Kier molecular flexibility index (Phi) is 4.32. The van der Waals surface area contributed by atoms with Crippen LogP contribution >= 0.6 is 0 Å². The summed E-state index contributed by atoms with van der Waals surface area (Å²) in [4.78, 5) is 0. The van der Waals surface area contributed by atoms with Crippen LogP contribution in [-0.4, -0.2) is 30.4 Å². The van der Waals surface area contributed by atoms with Crippen molar-refractivity contribution in [2.75, 3.05) is 5.75 Å². The molecule has 172 valence electrons. The van der Waals surface area contributed by atoms with Crippen molar-refractivity contribution in [3.05, 3.63) is 95.1 Å². The quantitative estimate of drug-likeness (QED) is 0.718. The van der Waals surface area contributed by atoms with Crippen LogP contribution in [0.4, 0.5) is 0 Å². The predicted octanol–water partition coefficient (Wildman–Crippen LogP) is 4.18. The van der Waals surface area contributed by atoms with Crippen LogP contribution in [0.2, 0.25) is 0 Å². The molecule has 6 rings (SSSR count). The highest BCUT2D eigenvalue weighted by atomic mass is 32.2. The van der Waals surface area contributed by atoms with E-state index in [-0.39, 0.29) is 17.1 Å². The van der Waals surface area contributed by atoms with E-state index in [0.717, 1.165) is 29.6 Å². The first kappa shape index (κ1) is 21.3. The third-order valence-electron chi connectivity index (χ3n) is 9.33. The normalized spacial score (nSPS) is 38.3. The lowest BCUT2D eigenvalue weighted by Crippen LogP contribution is -2.64. The lowest BCUT2D eigenvalue weighted by Gasteiger charge is -2.48. The molecule has 0 unspecified atom stereocenters. The van der Waals surface area contributed by atoms with E-state index in [0.29, 0.717) is 12.8 Å². The van der Waals surface area contributed by atoms with Crippen LogP contribution in [0.15, 0.2) is 84.0 Å². The Morgan fingerprint density at radius 2 is 1.67 bits per heavy atom. The molecule has 2 N–H and O–H groups in total. The fourth-order valence-electron chi connectivity index (χ4n) is 8.03. The molecule has 0 radical (unpaired) electrons. The molecule has 3 fully saturated rings. The number of allylic oxidation sites excluding steroid dienone is 1. The van der Waals surface area contributed by atoms with Gasteiger partial charge in [-0.3, -0.25) is 0 Å². The van der Waals surface area contributed by atoms with E-state index in [9.17, 15) is 13.5 Å². The summed E-state index contributed by atoms with van der Waals surface area (Å²) in [5.41, 5.74) is 1.33. The number of hydrogen-bond donors (Lipinski definition) is 2. The molecule has 1 saturated heterocycles. The van der Waals surface area contributed by atoms with Gasteiger partial charge in [0, 0.05) is 5.41 Å². The maximum atomic E-state index is 13.2. The summed E-state index contributed by atoms with van der Waals surface area (Å²) in [5.74, 6) is 0.0995. The minimum atomic E-state index is -3.52. The summed E-state index contributed by atoms with van der Waals surface area (Å²) in [6, 6.07) is 20.5. The van der Waals surface area contributed by atoms with E-state index in [2.05, 4.69) is 48.9 Å². The van der Waals surface area contributed by atoms with Gasteiger partial charge >= 0.3 is 0 Å². The largest absolute Gasteiger partial charge is 0.383 e. The predicted molar refractivity (Wildman–Crippen MR) is 130 cm³/mol. The fourth-order valence-corrected chi connectivity index (χ4v) is 10.4. The Morgan fingerprint density at radius 1 is 1.03 bits per heavy atom. The molecule has 2 aromatic rings. The lowest BCUT2D eigenvalue weighted by atomic mass is 9.59. The van der Waals surface area contributed by atoms with Crippen LogP contribution in [0.5, 0.6) is 0 Å². The summed E-state index contributed by atoms with van der Waals surface area (Å²) in [7, 11) is -3.52. The van der Waals surface area contributed by atoms with E-state index in [1.54, 1.807) is 0 Å². The Balaban J connectivity index is 1.56. The number of nitrogens with one attached hydrogen (secondary N) is 1. The van der Waals surface area contributed by atoms with Crippen molar-refractivity contribution in [1.29, 1.82) is 0 Å². The zero-order chi connectivity index (χ0) is 23.1. The maximum absolute atomic E-state index is 13.2. The van der Waals surface area contributed by atoms with Gasteiger partial charge in [-0.15, -0.1) is 0 Å². The second kappa shape index (κ2) is 6.68. The van der Waals surface area contributed by atoms with Gasteiger partial charge in [0.05, 0.1) is 11.3 Å². The molecular weight excluding hydrogens is 430 g/mol. The van der Waals surface area contributed by atoms with Crippen molar-refractivity contribution in [1.82, 2.24) is 4.72 Å². The smallest absolute Gasteiger partial charge is 0.213 e. The van der Waals surface area contributed by atoms with Crippen molar-refractivity contribution < 1.29 is 13.5 Å². The molecule has 1 aliphatic heterocycles. The van der Waals surface area contributed by atoms with Gasteiger partial charge in [0.15, 0.2) is 0 Å². The second-order valence-electron chi connectivity index (χ2n) is 11.0. The molecule has 2 spiro atoms. The van der Waals surface area contributed by atoms with Gasteiger partial charge < -0.3 is 5.11 Å². The van der Waals surface area contributed by atoms with Crippen LogP contribution < -0.4 is 4.72 Å². The number of rotatable bonds is 4. The topological polar surface area (TPSA) is 66.4 Å². The Morgan fingerprint density at radius 3 is 2.33 bits per heavy atom. The standard InChI is InChI=1S/C28H31NO3S/c1-25(2)24-15-16-26(25)19-33(31,32)29-28(26)23(14-13-20-9-5-3-6-10-20)22(18-27(24,28)30)17-21-11-7-4-8-12-21/h3-12,14,18,24,29-30H,13,15-17,19H2,1-2H3/b23-14+/t24-,26-,27+,28+/m0/s1. The highest BCUT2D eigenvalue weighted by Gasteiger charge is 2.87. The third kappa shape index (κ3) is 2.56. The summed E-state index contributed by atoms with van der Waals surface area (Å²) in [6.45, 7) is 4.34. The van der Waals surface area contributed by atoms with Gasteiger partial charge in [-0.25, -0.2) is 13.1 Å². The molecule has 33 heavy (non-hydrogen) atoms. The summed E-state index contributed by atoms with van der Waals surface area (Å²) in [5, 5.41) is 12.4. The van der Waals surface area contributed by atoms with Gasteiger partial charge in [-0.05, 0) is 65.4 Å². The molecule has 0 aromatic heterocycles. The monoisotopic (exact) mass is 461 g/mol. The molecular formula is C28H31NO3S. The van der Waals surface area contributed by atoms with Crippen LogP contribution in [0.3, 0.4) is 0 Å². The Bertz CT molecular complexity index is 1280. The average Bonchev–Trinajstić information content (AvgIpc) is 3.32. The van der Waals surface area contributed by atoms with Gasteiger partial charge in [0.25, 0.3) is 0 Å². The van der Waals surface area contributed by atoms with Crippen molar-refractivity contribution >= 4 is 10.0 Å². The minimum Gasteiger partial charge on any atom is -0.383 e. The summed E-state index contributed by atoms with van der Waals surface area (Å²) in [6.07, 6.45) is 7.25. The zero-order valence-corrected chi connectivity index (χ0v) is 20.0. The van der Waals surface area contributed by atoms with E-state index in [1.165, 1.54) is 5.56 Å². The first-order chi connectivity index (χ1) is 15.7. The number of fused-ring (bicyclic) bond motifs is 2. The third-order valence-corrected chi connectivity index (χ3v) is 10.8. The molecule has 4 aliphatic rings. The van der Waals surface area contributed by atoms with Crippen molar-refractivity contribution in [2.24, 2.45) is 16.7 Å². The number of aliphatic hydroxyl groups is 1. The van der Waals surface area contributed by atoms with E-state index in [4.69, 9.17) is 0 Å². The van der Waals surface area contributed by atoms with Crippen molar-refractivity contribution in [3.63, 3.8) is 0 Å². The summed E-state index contributed by atoms with van der Waals surface area (Å²) >= 11 is 0. The highest BCUT2D eigenvalue weighted by molar-refractivity contribution is 7.89. The lowest BCUT2D eigenvalue weighted by molar-refractivity contribution is -0.0306. The van der Waals surface area contributed by atoms with Crippen LogP contribution in [0, 0.1) is 16.7 Å². The van der Waals surface area contributed by atoms with Crippen LogP contribution in [0.1, 0.15) is 37.8 Å². The first-order valence-corrected chi connectivity index (χ1v) is 13.6. The van der Waals surface area contributed by atoms with Crippen LogP contribution in [0.25, 0.3) is 0 Å². The zero-order valence-electron chi connectivity index (χ0n) is 19.2. The number of hydrogen-bond acceptors (Lipinski definition) is 3. The summed E-state index contributed by atoms with van der Waals surface area (Å²) < 4.78 is 29.5. The molecule has 1 heterocycles. The van der Waals surface area contributed by atoms with Crippen molar-refractivity contribution in [3.8, 4) is 0 Å². The highest BCUT2D eigenvalue weighted by Crippen LogP contribution is 2.79. The molecule has 5 heteroatoms. The SMILES string of the molecule is CC1(C)[C@@H]2CC[C@]13CS(=O)(=O)N[C@]31/C(=C/Cc3ccccc3)C(Cc3ccccc3)=C[C@@]21O. The molecule has 2 aromatic carbocycles.